The number of hydrogen-bond donors (Lipinski definition) is 1. The predicted molar refractivity (Wildman–Crippen MR) is 77.2 cm³/mol. The standard InChI is InChI=1S/C18H24O/c1-12-3-13(2)5-16(4-12)17-7-14-6-15(8-17)10-18(19,9-14)11-17/h3-5,14-15,19H,6-11H2,1-2H3. The highest BCUT2D eigenvalue weighted by Gasteiger charge is 2.57. The van der Waals surface area contributed by atoms with Crippen LogP contribution in [-0.4, -0.2) is 10.7 Å². The van der Waals surface area contributed by atoms with Gasteiger partial charge in [0.05, 0.1) is 5.60 Å². The highest BCUT2D eigenvalue weighted by Crippen LogP contribution is 2.62. The van der Waals surface area contributed by atoms with E-state index in [1.54, 1.807) is 0 Å². The van der Waals surface area contributed by atoms with E-state index >= 15 is 0 Å². The second kappa shape index (κ2) is 3.63. The zero-order chi connectivity index (χ0) is 13.3. The third-order valence-corrected chi connectivity index (χ3v) is 5.86. The van der Waals surface area contributed by atoms with Crippen molar-refractivity contribution in [2.24, 2.45) is 11.8 Å². The molecule has 0 radical (unpaired) electrons. The Kier molecular flexibility index (Phi) is 2.29. The molecule has 4 fully saturated rings. The smallest absolute Gasteiger partial charge is 0.0661 e. The van der Waals surface area contributed by atoms with Gasteiger partial charge in [0.2, 0.25) is 0 Å². The van der Waals surface area contributed by atoms with Gasteiger partial charge in [-0.3, -0.25) is 0 Å². The van der Waals surface area contributed by atoms with Gasteiger partial charge in [0.1, 0.15) is 0 Å². The van der Waals surface area contributed by atoms with Crippen LogP contribution in [0.5, 0.6) is 0 Å². The van der Waals surface area contributed by atoms with Crippen molar-refractivity contribution in [3.05, 3.63) is 34.9 Å². The molecule has 5 rings (SSSR count). The molecule has 0 aromatic heterocycles. The van der Waals surface area contributed by atoms with Crippen LogP contribution >= 0.6 is 0 Å². The Morgan fingerprint density at radius 1 is 0.947 bits per heavy atom. The molecule has 4 aliphatic rings. The van der Waals surface area contributed by atoms with Crippen molar-refractivity contribution in [3.63, 3.8) is 0 Å². The molecular weight excluding hydrogens is 232 g/mol. The van der Waals surface area contributed by atoms with Gasteiger partial charge in [-0.15, -0.1) is 0 Å². The van der Waals surface area contributed by atoms with Crippen molar-refractivity contribution in [1.82, 2.24) is 0 Å². The third kappa shape index (κ3) is 1.78. The Labute approximate surface area is 116 Å². The Bertz CT molecular complexity index is 496. The SMILES string of the molecule is Cc1cc(C)cc(C23CC4CC(CC(O)(C4)C2)C3)c1. The average Bonchev–Trinajstić information content (AvgIpc) is 2.23. The number of rotatable bonds is 1. The average molecular weight is 256 g/mol. The Hall–Kier alpha value is -0.820. The lowest BCUT2D eigenvalue weighted by molar-refractivity contribution is -0.137. The molecule has 2 unspecified atom stereocenters. The molecule has 4 saturated carbocycles. The molecule has 4 aliphatic carbocycles. The van der Waals surface area contributed by atoms with Crippen molar-refractivity contribution in [2.75, 3.05) is 0 Å². The quantitative estimate of drug-likeness (QED) is 0.808. The molecule has 1 aromatic carbocycles. The van der Waals surface area contributed by atoms with Gasteiger partial charge in [0.15, 0.2) is 0 Å². The van der Waals surface area contributed by atoms with Gasteiger partial charge in [-0.2, -0.15) is 0 Å². The van der Waals surface area contributed by atoms with E-state index in [1.165, 1.54) is 36.0 Å². The summed E-state index contributed by atoms with van der Waals surface area (Å²) >= 11 is 0. The molecule has 1 nitrogen and oxygen atoms in total. The number of benzene rings is 1. The van der Waals surface area contributed by atoms with Crippen molar-refractivity contribution < 1.29 is 5.11 Å². The third-order valence-electron chi connectivity index (χ3n) is 5.86. The van der Waals surface area contributed by atoms with E-state index < -0.39 is 0 Å². The zero-order valence-electron chi connectivity index (χ0n) is 12.1. The van der Waals surface area contributed by atoms with E-state index in [0.29, 0.717) is 0 Å². The summed E-state index contributed by atoms with van der Waals surface area (Å²) in [5.74, 6) is 1.54. The molecule has 0 amide bonds. The fourth-order valence-corrected chi connectivity index (χ4v) is 5.83. The van der Waals surface area contributed by atoms with Gasteiger partial charge >= 0.3 is 0 Å². The lowest BCUT2D eigenvalue weighted by Crippen LogP contribution is -2.57. The number of hydrogen-bond acceptors (Lipinski definition) is 1. The van der Waals surface area contributed by atoms with Crippen LogP contribution in [-0.2, 0) is 5.41 Å². The number of aryl methyl sites for hydroxylation is 2. The molecule has 19 heavy (non-hydrogen) atoms. The van der Waals surface area contributed by atoms with Crippen LogP contribution in [0.25, 0.3) is 0 Å². The molecular formula is C18H24O. The summed E-state index contributed by atoms with van der Waals surface area (Å²) in [4.78, 5) is 0. The normalized spacial score (nSPS) is 43.7. The van der Waals surface area contributed by atoms with Crippen LogP contribution in [0, 0.1) is 25.7 Å². The van der Waals surface area contributed by atoms with Crippen LogP contribution in [0.2, 0.25) is 0 Å². The minimum Gasteiger partial charge on any atom is -0.390 e. The van der Waals surface area contributed by atoms with E-state index in [9.17, 15) is 5.11 Å². The molecule has 1 aromatic rings. The Balaban J connectivity index is 1.81. The molecule has 0 saturated heterocycles. The van der Waals surface area contributed by atoms with Crippen LogP contribution in [0.1, 0.15) is 55.2 Å². The summed E-state index contributed by atoms with van der Waals surface area (Å²) in [7, 11) is 0. The van der Waals surface area contributed by atoms with E-state index in [4.69, 9.17) is 0 Å². The first-order chi connectivity index (χ1) is 8.96. The molecule has 102 valence electrons. The van der Waals surface area contributed by atoms with E-state index in [-0.39, 0.29) is 11.0 Å². The first-order valence-electron chi connectivity index (χ1n) is 7.78. The van der Waals surface area contributed by atoms with Crippen molar-refractivity contribution in [1.29, 1.82) is 0 Å². The van der Waals surface area contributed by atoms with Gasteiger partial charge in [0.25, 0.3) is 0 Å². The lowest BCUT2D eigenvalue weighted by Gasteiger charge is -2.60. The molecule has 0 aliphatic heterocycles. The van der Waals surface area contributed by atoms with Crippen LogP contribution in [0.3, 0.4) is 0 Å². The zero-order valence-corrected chi connectivity index (χ0v) is 12.1. The second-order valence-electron chi connectivity index (χ2n) is 7.84. The molecule has 1 heteroatoms. The summed E-state index contributed by atoms with van der Waals surface area (Å²) in [6.45, 7) is 4.40. The van der Waals surface area contributed by atoms with E-state index in [1.807, 2.05) is 0 Å². The van der Waals surface area contributed by atoms with Crippen molar-refractivity contribution in [2.45, 2.75) is 63.4 Å². The summed E-state index contributed by atoms with van der Waals surface area (Å²) in [5.41, 5.74) is 4.20. The minimum atomic E-state index is -0.346. The summed E-state index contributed by atoms with van der Waals surface area (Å²) in [6, 6.07) is 7.02. The Morgan fingerprint density at radius 2 is 1.53 bits per heavy atom. The van der Waals surface area contributed by atoms with Gasteiger partial charge in [-0.25, -0.2) is 0 Å². The maximum absolute atomic E-state index is 10.9. The highest BCUT2D eigenvalue weighted by molar-refractivity contribution is 5.37. The largest absolute Gasteiger partial charge is 0.390 e. The van der Waals surface area contributed by atoms with Crippen LogP contribution in [0.15, 0.2) is 18.2 Å². The maximum atomic E-state index is 10.9. The fourth-order valence-electron chi connectivity index (χ4n) is 5.83. The van der Waals surface area contributed by atoms with Gasteiger partial charge < -0.3 is 5.11 Å². The van der Waals surface area contributed by atoms with Gasteiger partial charge in [-0.05, 0) is 75.2 Å². The first-order valence-corrected chi connectivity index (χ1v) is 7.78. The topological polar surface area (TPSA) is 20.2 Å². The lowest BCUT2D eigenvalue weighted by atomic mass is 9.46. The van der Waals surface area contributed by atoms with Gasteiger partial charge in [0, 0.05) is 0 Å². The maximum Gasteiger partial charge on any atom is 0.0661 e. The molecule has 0 heterocycles. The minimum absolute atomic E-state index is 0.287. The summed E-state index contributed by atoms with van der Waals surface area (Å²) in [5, 5.41) is 10.9. The summed E-state index contributed by atoms with van der Waals surface area (Å²) < 4.78 is 0. The van der Waals surface area contributed by atoms with Crippen LogP contribution in [0.4, 0.5) is 0 Å². The second-order valence-corrected chi connectivity index (χ2v) is 7.84. The van der Waals surface area contributed by atoms with Gasteiger partial charge in [-0.1, -0.05) is 29.3 Å². The molecule has 0 spiro atoms. The highest BCUT2D eigenvalue weighted by atomic mass is 16.3. The molecule has 1 N–H and O–H groups in total. The molecule has 2 atom stereocenters. The van der Waals surface area contributed by atoms with Crippen molar-refractivity contribution in [3.8, 4) is 0 Å². The summed E-state index contributed by atoms with van der Waals surface area (Å²) in [6.07, 6.45) is 7.14. The number of aliphatic hydroxyl groups is 1. The predicted octanol–water partition coefficient (Wildman–Crippen LogP) is 3.89. The first kappa shape index (κ1) is 12.0. The fraction of sp³-hybridized carbons (Fsp3) is 0.667. The van der Waals surface area contributed by atoms with Crippen molar-refractivity contribution >= 4 is 0 Å². The monoisotopic (exact) mass is 256 g/mol. The van der Waals surface area contributed by atoms with E-state index in [0.717, 1.165) is 31.1 Å². The van der Waals surface area contributed by atoms with E-state index in [2.05, 4.69) is 32.0 Å². The Morgan fingerprint density at radius 3 is 2.05 bits per heavy atom. The van der Waals surface area contributed by atoms with Crippen LogP contribution < -0.4 is 0 Å². The molecule has 4 bridgehead atoms.